The number of thiocarbonyl (C=S) groups is 2. The third kappa shape index (κ3) is 4.02. The van der Waals surface area contributed by atoms with Crippen LogP contribution in [0.5, 0.6) is 0 Å². The lowest BCUT2D eigenvalue weighted by atomic mass is 9.73. The maximum Gasteiger partial charge on any atom is 0.416 e. The number of benzene rings is 1. The van der Waals surface area contributed by atoms with Gasteiger partial charge in [0.2, 0.25) is 23.6 Å². The monoisotopic (exact) mass is 472 g/mol. The Morgan fingerprint density at radius 3 is 1.77 bits per heavy atom. The number of hydrogen-bond donors (Lipinski definition) is 2. The van der Waals surface area contributed by atoms with Gasteiger partial charge in [-0.15, -0.1) is 0 Å². The molecule has 31 heavy (non-hydrogen) atoms. The van der Waals surface area contributed by atoms with Gasteiger partial charge in [0.05, 0.1) is 5.56 Å². The molecule has 164 valence electrons. The fourth-order valence-corrected chi connectivity index (χ4v) is 3.89. The van der Waals surface area contributed by atoms with Crippen molar-refractivity contribution in [2.45, 2.75) is 12.1 Å². The molecule has 0 radical (unpaired) electrons. The van der Waals surface area contributed by atoms with Gasteiger partial charge in [0.15, 0.2) is 10.2 Å². The highest BCUT2D eigenvalue weighted by Gasteiger charge is 2.52. The third-order valence-electron chi connectivity index (χ3n) is 5.14. The molecule has 0 aromatic heterocycles. The minimum atomic E-state index is -4.73. The number of alkyl halides is 3. The topological polar surface area (TPSA) is 98.8 Å². The lowest BCUT2D eigenvalue weighted by Gasteiger charge is -2.39. The number of nitrogens with one attached hydrogen (secondary N) is 2. The second-order valence-electron chi connectivity index (χ2n) is 6.99. The Morgan fingerprint density at radius 1 is 0.903 bits per heavy atom. The molecule has 2 heterocycles. The molecule has 2 saturated heterocycles. The lowest BCUT2D eigenvalue weighted by molar-refractivity contribution is -0.146. The van der Waals surface area contributed by atoms with Gasteiger partial charge in [-0.25, -0.2) is 0 Å². The smallest absolute Gasteiger partial charge is 0.302 e. The van der Waals surface area contributed by atoms with E-state index in [4.69, 9.17) is 24.4 Å². The van der Waals surface area contributed by atoms with Gasteiger partial charge in [0.1, 0.15) is 11.8 Å². The summed E-state index contributed by atoms with van der Waals surface area (Å²) in [7, 11) is 2.54. The molecule has 2 aliphatic rings. The number of carbonyl (C=O) groups excluding carboxylic acids is 4. The average Bonchev–Trinajstić information content (AvgIpc) is 2.68. The molecule has 0 aliphatic carbocycles. The van der Waals surface area contributed by atoms with E-state index in [0.717, 1.165) is 21.9 Å². The molecule has 3 atom stereocenters. The van der Waals surface area contributed by atoms with E-state index in [-0.39, 0.29) is 15.8 Å². The molecule has 1 unspecified atom stereocenters. The zero-order chi connectivity index (χ0) is 23.2. The van der Waals surface area contributed by atoms with E-state index in [1.165, 1.54) is 20.2 Å². The van der Waals surface area contributed by atoms with Crippen LogP contribution in [0.2, 0.25) is 0 Å². The maximum atomic E-state index is 13.3. The number of carbonyl (C=O) groups is 4. The van der Waals surface area contributed by atoms with Crippen LogP contribution in [0.1, 0.15) is 17.0 Å². The van der Waals surface area contributed by atoms with Crippen LogP contribution >= 0.6 is 24.4 Å². The quantitative estimate of drug-likeness (QED) is 0.498. The molecule has 1 aromatic rings. The van der Waals surface area contributed by atoms with E-state index in [1.54, 1.807) is 0 Å². The van der Waals surface area contributed by atoms with E-state index in [0.29, 0.717) is 6.07 Å². The van der Waals surface area contributed by atoms with Crippen molar-refractivity contribution < 1.29 is 32.3 Å². The van der Waals surface area contributed by atoms with Crippen molar-refractivity contribution in [2.75, 3.05) is 14.1 Å². The summed E-state index contributed by atoms with van der Waals surface area (Å²) in [5.41, 5.74) is -1.24. The fraction of sp³-hybridized carbons (Fsp3) is 0.333. The molecule has 2 aliphatic heterocycles. The Labute approximate surface area is 184 Å². The van der Waals surface area contributed by atoms with E-state index in [2.05, 4.69) is 10.6 Å². The van der Waals surface area contributed by atoms with Crippen molar-refractivity contribution in [2.24, 2.45) is 11.8 Å². The first kappa shape index (κ1) is 22.7. The first-order valence-electron chi connectivity index (χ1n) is 8.76. The van der Waals surface area contributed by atoms with Crippen LogP contribution in [0.4, 0.5) is 13.2 Å². The Morgan fingerprint density at radius 2 is 1.35 bits per heavy atom. The van der Waals surface area contributed by atoms with Crippen molar-refractivity contribution in [3.63, 3.8) is 0 Å². The van der Waals surface area contributed by atoms with Gasteiger partial charge in [0.25, 0.3) is 0 Å². The summed E-state index contributed by atoms with van der Waals surface area (Å²) in [5, 5.41) is 4.17. The third-order valence-corrected chi connectivity index (χ3v) is 5.90. The Bertz CT molecular complexity index is 977. The first-order valence-corrected chi connectivity index (χ1v) is 9.58. The zero-order valence-electron chi connectivity index (χ0n) is 16.0. The van der Waals surface area contributed by atoms with Gasteiger partial charge < -0.3 is 10.6 Å². The minimum Gasteiger partial charge on any atom is -0.302 e. The number of halogens is 3. The summed E-state index contributed by atoms with van der Waals surface area (Å²) in [4.78, 5) is 53.1. The van der Waals surface area contributed by atoms with Gasteiger partial charge in [-0.2, -0.15) is 13.2 Å². The van der Waals surface area contributed by atoms with Crippen LogP contribution in [0.3, 0.4) is 0 Å². The molecule has 4 amide bonds. The lowest BCUT2D eigenvalue weighted by Crippen LogP contribution is -2.62. The standard InChI is InChI=1S/C18H15F3N4O4S2/c1-24-14(28)10(12(26)22-16(24)30)9(7-4-3-5-8(6-7)18(19,20)21)11-13(27)23-17(31)25(2)15(11)29/h3-6,9-11H,1-2H3,(H,22,26,30)(H,23,27,31)/t9?,10-,11+. The van der Waals surface area contributed by atoms with E-state index < -0.39 is 53.1 Å². The highest BCUT2D eigenvalue weighted by molar-refractivity contribution is 7.80. The molecular weight excluding hydrogens is 457 g/mol. The zero-order valence-corrected chi connectivity index (χ0v) is 17.7. The fourth-order valence-electron chi connectivity index (χ4n) is 3.51. The summed E-state index contributed by atoms with van der Waals surface area (Å²) in [6.45, 7) is 0. The highest BCUT2D eigenvalue weighted by atomic mass is 32.1. The normalized spacial score (nSPS) is 23.6. The molecule has 0 spiro atoms. The van der Waals surface area contributed by atoms with Crippen molar-refractivity contribution in [1.82, 2.24) is 20.4 Å². The van der Waals surface area contributed by atoms with E-state index in [9.17, 15) is 32.3 Å². The van der Waals surface area contributed by atoms with Crippen LogP contribution in [0, 0.1) is 11.8 Å². The van der Waals surface area contributed by atoms with Crippen molar-refractivity contribution >= 4 is 58.3 Å². The van der Waals surface area contributed by atoms with Gasteiger partial charge in [-0.05, 0) is 36.1 Å². The summed E-state index contributed by atoms with van der Waals surface area (Å²) in [5.74, 6) is -8.46. The second-order valence-corrected chi connectivity index (χ2v) is 7.76. The predicted octanol–water partition coefficient (Wildman–Crippen LogP) is 0.768. The average molecular weight is 472 g/mol. The summed E-state index contributed by atoms with van der Waals surface area (Å²) >= 11 is 9.80. The molecule has 13 heteroatoms. The van der Waals surface area contributed by atoms with Gasteiger partial charge in [-0.3, -0.25) is 29.0 Å². The molecule has 2 fully saturated rings. The molecule has 0 saturated carbocycles. The van der Waals surface area contributed by atoms with Gasteiger partial charge in [0, 0.05) is 20.0 Å². The maximum absolute atomic E-state index is 13.3. The number of hydrogen-bond acceptors (Lipinski definition) is 6. The Hall–Kier alpha value is -2.93. The number of nitrogens with zero attached hydrogens (tertiary/aromatic N) is 2. The van der Waals surface area contributed by atoms with Crippen LogP contribution in [0.25, 0.3) is 0 Å². The SMILES string of the molecule is CN1C(=O)[C@H](C(c2cccc(C(F)(F)F)c2)[C@H]2C(=O)NC(=S)N(C)C2=O)C(=O)NC1=S. The van der Waals surface area contributed by atoms with Crippen molar-refractivity contribution in [3.05, 3.63) is 35.4 Å². The van der Waals surface area contributed by atoms with Crippen LogP contribution in [-0.2, 0) is 25.4 Å². The molecule has 8 nitrogen and oxygen atoms in total. The minimum absolute atomic E-state index is 0.181. The first-order chi connectivity index (χ1) is 14.3. The van der Waals surface area contributed by atoms with Crippen molar-refractivity contribution in [3.8, 4) is 0 Å². The van der Waals surface area contributed by atoms with E-state index >= 15 is 0 Å². The highest BCUT2D eigenvalue weighted by Crippen LogP contribution is 2.39. The Kier molecular flexibility index (Phi) is 5.84. The molecule has 3 rings (SSSR count). The van der Waals surface area contributed by atoms with Crippen molar-refractivity contribution in [1.29, 1.82) is 0 Å². The largest absolute Gasteiger partial charge is 0.416 e. The summed E-state index contributed by atoms with van der Waals surface area (Å²) < 4.78 is 39.9. The molecule has 0 bridgehead atoms. The Balaban J connectivity index is 2.20. The predicted molar refractivity (Wildman–Crippen MR) is 108 cm³/mol. The second kappa shape index (κ2) is 7.96. The van der Waals surface area contributed by atoms with Gasteiger partial charge in [-0.1, -0.05) is 18.2 Å². The van der Waals surface area contributed by atoms with Crippen LogP contribution < -0.4 is 10.6 Å². The van der Waals surface area contributed by atoms with Crippen LogP contribution in [0.15, 0.2) is 24.3 Å². The van der Waals surface area contributed by atoms with Crippen LogP contribution in [-0.4, -0.2) is 57.7 Å². The van der Waals surface area contributed by atoms with Gasteiger partial charge >= 0.3 is 6.18 Å². The summed E-state index contributed by atoms with van der Waals surface area (Å²) in [6.07, 6.45) is -4.73. The molecule has 1 aromatic carbocycles. The number of amides is 4. The molecular formula is C18H15F3N4O4S2. The number of rotatable bonds is 3. The molecule has 2 N–H and O–H groups in total. The van der Waals surface area contributed by atoms with E-state index in [1.807, 2.05) is 0 Å². The summed E-state index contributed by atoms with van der Waals surface area (Å²) in [6, 6.07) is 3.81.